The summed E-state index contributed by atoms with van der Waals surface area (Å²) in [7, 11) is 1.78. The summed E-state index contributed by atoms with van der Waals surface area (Å²) in [6.45, 7) is 8.89. The molecular formula is C39H44ClFN4O4S2. The Balaban J connectivity index is 0.00000248. The highest BCUT2D eigenvalue weighted by molar-refractivity contribution is 7.98. The van der Waals surface area contributed by atoms with E-state index < -0.39 is 5.97 Å². The molecule has 12 heteroatoms. The number of aryl methyl sites for hydroxylation is 3. The molecule has 0 radical (unpaired) electrons. The molecule has 8 nitrogen and oxygen atoms in total. The van der Waals surface area contributed by atoms with E-state index in [0.717, 1.165) is 79.8 Å². The summed E-state index contributed by atoms with van der Waals surface area (Å²) in [5.74, 6) is -0.0248. The van der Waals surface area contributed by atoms with Crippen molar-refractivity contribution in [2.45, 2.75) is 77.1 Å². The molecule has 6 rings (SSSR count). The minimum atomic E-state index is -1.00. The number of hydrazone groups is 1. The van der Waals surface area contributed by atoms with Crippen LogP contribution < -0.4 is 4.74 Å². The lowest BCUT2D eigenvalue weighted by Crippen LogP contribution is -2.22. The van der Waals surface area contributed by atoms with Gasteiger partial charge in [-0.15, -0.1) is 23.1 Å². The molecule has 3 aromatic carbocycles. The second-order valence-electron chi connectivity index (χ2n) is 11.9. The van der Waals surface area contributed by atoms with Crippen LogP contribution in [0.5, 0.6) is 5.75 Å². The zero-order valence-corrected chi connectivity index (χ0v) is 32.0. The highest BCUT2D eigenvalue weighted by Gasteiger charge is 2.24. The number of thiazole rings is 1. The second kappa shape index (κ2) is 17.5. The van der Waals surface area contributed by atoms with Crippen molar-refractivity contribution in [2.75, 3.05) is 13.2 Å². The number of aliphatic hydroxyl groups excluding tert-OH is 1. The Kier molecular flexibility index (Phi) is 13.2. The van der Waals surface area contributed by atoms with Gasteiger partial charge in [0.2, 0.25) is 0 Å². The highest BCUT2D eigenvalue weighted by atomic mass is 35.5. The van der Waals surface area contributed by atoms with Crippen molar-refractivity contribution in [1.29, 1.82) is 0 Å². The van der Waals surface area contributed by atoms with E-state index in [9.17, 15) is 19.4 Å². The lowest BCUT2D eigenvalue weighted by atomic mass is 10.0. The van der Waals surface area contributed by atoms with Crippen LogP contribution in [0.1, 0.15) is 83.6 Å². The molecule has 1 saturated heterocycles. The van der Waals surface area contributed by atoms with Gasteiger partial charge >= 0.3 is 5.97 Å². The number of piperidine rings is 1. The summed E-state index contributed by atoms with van der Waals surface area (Å²) in [6, 6.07) is 12.3. The fourth-order valence-electron chi connectivity index (χ4n) is 6.47. The first-order valence-electron chi connectivity index (χ1n) is 17.2. The third-order valence-corrected chi connectivity index (χ3v) is 11.4. The van der Waals surface area contributed by atoms with Crippen LogP contribution in [-0.4, -0.2) is 50.1 Å². The number of halogens is 2. The number of carboxylic acid groups (broad SMARTS) is 1. The van der Waals surface area contributed by atoms with Crippen molar-refractivity contribution in [2.24, 2.45) is 12.1 Å². The van der Waals surface area contributed by atoms with Crippen LogP contribution in [-0.2, 0) is 25.8 Å². The van der Waals surface area contributed by atoms with Gasteiger partial charge in [-0.1, -0.05) is 31.5 Å². The van der Waals surface area contributed by atoms with Crippen molar-refractivity contribution in [3.63, 3.8) is 0 Å². The quantitative estimate of drug-likeness (QED) is 0.0744. The lowest BCUT2D eigenvalue weighted by Gasteiger charge is -2.27. The summed E-state index contributed by atoms with van der Waals surface area (Å²) >= 11 is 9.87. The molecule has 0 aliphatic carbocycles. The Labute approximate surface area is 311 Å². The number of fused-ring (bicyclic) bond motifs is 2. The minimum Gasteiger partial charge on any atom is -0.493 e. The van der Waals surface area contributed by atoms with E-state index in [1.807, 2.05) is 57.0 Å². The Morgan fingerprint density at radius 2 is 1.96 bits per heavy atom. The zero-order chi connectivity index (χ0) is 36.7. The van der Waals surface area contributed by atoms with Crippen molar-refractivity contribution in [3.05, 3.63) is 91.4 Å². The molecule has 1 fully saturated rings. The summed E-state index contributed by atoms with van der Waals surface area (Å²) in [5, 5.41) is 30.0. The number of rotatable bonds is 12. The number of aromatic carboxylic acids is 1. The van der Waals surface area contributed by atoms with Gasteiger partial charge in [0, 0.05) is 62.4 Å². The van der Waals surface area contributed by atoms with E-state index >= 15 is 0 Å². The predicted molar refractivity (Wildman–Crippen MR) is 209 cm³/mol. The third-order valence-electron chi connectivity index (χ3n) is 8.72. The van der Waals surface area contributed by atoms with Crippen LogP contribution in [0.3, 0.4) is 0 Å². The van der Waals surface area contributed by atoms with Crippen LogP contribution in [0.4, 0.5) is 4.39 Å². The van der Waals surface area contributed by atoms with E-state index in [0.29, 0.717) is 41.0 Å². The number of benzene rings is 3. The first-order valence-corrected chi connectivity index (χ1v) is 19.4. The number of aromatic nitrogens is 2. The molecule has 2 N–H and O–H groups in total. The second-order valence-corrected chi connectivity index (χ2v) is 14.6. The van der Waals surface area contributed by atoms with Crippen molar-refractivity contribution >= 4 is 74.6 Å². The van der Waals surface area contributed by atoms with E-state index in [1.165, 1.54) is 23.5 Å². The topological polar surface area (TPSA) is 100 Å². The molecule has 0 unspecified atom stereocenters. The molecule has 0 saturated carbocycles. The first kappa shape index (κ1) is 38.3. The van der Waals surface area contributed by atoms with Crippen LogP contribution in [0, 0.1) is 12.7 Å². The van der Waals surface area contributed by atoms with Gasteiger partial charge in [-0.2, -0.15) is 5.10 Å². The first-order chi connectivity index (χ1) is 24.7. The van der Waals surface area contributed by atoms with Gasteiger partial charge in [0.05, 0.1) is 24.4 Å². The highest BCUT2D eigenvalue weighted by Crippen LogP contribution is 2.38. The molecule has 1 aliphatic heterocycles. The predicted octanol–water partition coefficient (Wildman–Crippen LogP) is 10.2. The maximum atomic E-state index is 14.3. The molecule has 0 bridgehead atoms. The summed E-state index contributed by atoms with van der Waals surface area (Å²) in [6.07, 6.45) is 7.83. The van der Waals surface area contributed by atoms with Crippen LogP contribution in [0.25, 0.3) is 27.8 Å². The van der Waals surface area contributed by atoms with Gasteiger partial charge in [-0.3, -0.25) is 5.01 Å². The Morgan fingerprint density at radius 1 is 1.18 bits per heavy atom. The van der Waals surface area contributed by atoms with E-state index in [4.69, 9.17) is 16.3 Å². The molecule has 1 aliphatic rings. The number of carbonyl (C=O) groups is 1. The molecule has 270 valence electrons. The van der Waals surface area contributed by atoms with E-state index in [-0.39, 0.29) is 18.1 Å². The van der Waals surface area contributed by atoms with Crippen LogP contribution in [0.15, 0.2) is 58.2 Å². The number of aliphatic hydroxyl groups is 1. The zero-order valence-electron chi connectivity index (χ0n) is 29.6. The average molecular weight is 751 g/mol. The van der Waals surface area contributed by atoms with Crippen LogP contribution in [0.2, 0.25) is 5.02 Å². The lowest BCUT2D eigenvalue weighted by molar-refractivity contribution is 0.0685. The maximum absolute atomic E-state index is 14.3. The number of carboxylic acids is 1. The van der Waals surface area contributed by atoms with Gasteiger partial charge in [0.1, 0.15) is 22.3 Å². The summed E-state index contributed by atoms with van der Waals surface area (Å²) < 4.78 is 22.3. The summed E-state index contributed by atoms with van der Waals surface area (Å²) in [5.41, 5.74) is 4.47. The molecule has 3 heterocycles. The SMILES string of the molecule is C/C=N/N1CCCC/C1=C\c1c(Cl)ccc2c(CCCOc3cc(SCc4sc(CO)nc4C)cc4cc(F)ccc34)c(C(=O)O)n(C)c12.CC. The van der Waals surface area contributed by atoms with Gasteiger partial charge in [0.15, 0.2) is 0 Å². The molecule has 0 spiro atoms. The number of ether oxygens (including phenoxy) is 1. The normalized spacial score (nSPS) is 14.1. The third kappa shape index (κ3) is 8.60. The standard InChI is InChI=1S/C37H38ClFN4O4S2.C2H6/c1-4-40-43-14-6-5-8-25(43)18-30-31(38)13-12-29-28(36(37(45)46)42(3)35(29)30)9-7-15-47-32-19-26(17-23-16-24(39)10-11-27(23)32)48-21-33-22(2)41-34(20-44)49-33;1-2/h4,10-13,16-19,44H,5-9,14-15,20-21H2,1-3H3,(H,45,46);1-2H3/b25-18+,40-4+;. The number of allylic oxidation sites excluding steroid dienone is 1. The van der Waals surface area contributed by atoms with Crippen molar-refractivity contribution < 1.29 is 24.1 Å². The monoisotopic (exact) mass is 750 g/mol. The van der Waals surface area contributed by atoms with Gasteiger partial charge < -0.3 is 19.5 Å². The van der Waals surface area contributed by atoms with Gasteiger partial charge in [0.25, 0.3) is 0 Å². The van der Waals surface area contributed by atoms with E-state index in [2.05, 4.69) is 16.2 Å². The Bertz CT molecular complexity index is 2090. The largest absolute Gasteiger partial charge is 0.493 e. The average Bonchev–Trinajstić information content (AvgIpc) is 3.63. The molecule has 5 aromatic rings. The minimum absolute atomic E-state index is 0.0870. The maximum Gasteiger partial charge on any atom is 0.352 e. The van der Waals surface area contributed by atoms with Gasteiger partial charge in [-0.25, -0.2) is 14.2 Å². The smallest absolute Gasteiger partial charge is 0.352 e. The fourth-order valence-corrected chi connectivity index (χ4v) is 8.72. The molecule has 2 aromatic heterocycles. The molecule has 0 amide bonds. The Morgan fingerprint density at radius 3 is 2.69 bits per heavy atom. The number of nitrogens with zero attached hydrogens (tertiary/aromatic N) is 4. The fraction of sp³-hybridized carbons (Fsp3) is 0.359. The van der Waals surface area contributed by atoms with Crippen LogP contribution >= 0.6 is 34.7 Å². The van der Waals surface area contributed by atoms with Crippen molar-refractivity contribution in [3.8, 4) is 5.75 Å². The van der Waals surface area contributed by atoms with Crippen molar-refractivity contribution in [1.82, 2.24) is 14.6 Å². The van der Waals surface area contributed by atoms with E-state index in [1.54, 1.807) is 35.7 Å². The number of hydrogen-bond donors (Lipinski definition) is 2. The molecule has 51 heavy (non-hydrogen) atoms. The molecule has 0 atom stereocenters. The summed E-state index contributed by atoms with van der Waals surface area (Å²) in [4.78, 5) is 19.0. The number of thioether (sulfide) groups is 1. The van der Waals surface area contributed by atoms with Gasteiger partial charge in [-0.05, 0) is 99.4 Å². The molecular weight excluding hydrogens is 707 g/mol. The number of hydrogen-bond acceptors (Lipinski definition) is 8. The Hall–Kier alpha value is -3.90.